The molecular weight excluding hydrogens is 1020 g/mol. The summed E-state index contributed by atoms with van der Waals surface area (Å²) in [5, 5.41) is 24.9. The Bertz CT molecular complexity index is 2850. The number of rotatable bonds is 30. The van der Waals surface area contributed by atoms with Crippen LogP contribution in [0.25, 0.3) is 0 Å². The highest BCUT2D eigenvalue weighted by Gasteiger charge is 2.18. The van der Waals surface area contributed by atoms with Crippen LogP contribution < -0.4 is 17.2 Å². The molecule has 0 aliphatic heterocycles. The number of unbranched alkanes of at least 4 members (excludes halogenated alkanes) is 3. The van der Waals surface area contributed by atoms with E-state index in [-0.39, 0.29) is 48.8 Å². The Morgan fingerprint density at radius 1 is 0.407 bits per heavy atom. The summed E-state index contributed by atoms with van der Waals surface area (Å²) in [7, 11) is 0. The molecule has 3 unspecified atom stereocenters. The van der Waals surface area contributed by atoms with Gasteiger partial charge in [0.25, 0.3) is 0 Å². The molecule has 3 aromatic heterocycles. The van der Waals surface area contributed by atoms with Gasteiger partial charge in [0.05, 0.1) is 73.2 Å². The van der Waals surface area contributed by atoms with E-state index in [0.717, 1.165) is 88.4 Å². The predicted octanol–water partition coefficient (Wildman–Crippen LogP) is 16.1. The fourth-order valence-electron chi connectivity index (χ4n) is 7.85. The van der Waals surface area contributed by atoms with Gasteiger partial charge in [0.1, 0.15) is 22.9 Å². The molecule has 0 fully saturated rings. The van der Waals surface area contributed by atoms with Crippen molar-refractivity contribution in [2.24, 2.45) is 48.4 Å². The summed E-state index contributed by atoms with van der Waals surface area (Å²) in [5.74, 6) is 1.09. The van der Waals surface area contributed by atoms with E-state index in [1.807, 2.05) is 91.0 Å². The largest absolute Gasteiger partial charge is 0.465 e. The third kappa shape index (κ3) is 26.5. The molecule has 0 saturated carbocycles. The molecule has 3 atom stereocenters. The van der Waals surface area contributed by atoms with Crippen molar-refractivity contribution in [2.75, 3.05) is 37.0 Å². The third-order valence-electron chi connectivity index (χ3n) is 13.0. The minimum Gasteiger partial charge on any atom is -0.465 e. The summed E-state index contributed by atoms with van der Waals surface area (Å²) in [6, 6.07) is 38.4. The lowest BCUT2D eigenvalue weighted by Crippen LogP contribution is -2.17. The molecule has 0 spiro atoms. The zero-order chi connectivity index (χ0) is 58.5. The number of nitrogens with two attached hydrogens (primary N) is 3. The highest BCUT2D eigenvalue weighted by atomic mass is 16.5. The van der Waals surface area contributed by atoms with Crippen LogP contribution in [0.15, 0.2) is 158 Å². The van der Waals surface area contributed by atoms with Crippen molar-refractivity contribution in [3.63, 3.8) is 0 Å². The number of benzene rings is 3. The molecule has 3 aromatic carbocycles. The average Bonchev–Trinajstić information content (AvgIpc) is 3.48. The van der Waals surface area contributed by atoms with Gasteiger partial charge in [0.2, 0.25) is 0 Å². The zero-order valence-corrected chi connectivity index (χ0v) is 48.3. The SMILES string of the molecule is CCCCC(CC)COC(=O)Cc1ccc(N=Nc2ccccc2)c(CC(=O)OCC(CC)CCCC)n1.CCCCC(CC)COC(=O)Cc1ccc(N=Nc2ccccc2)c(N)n1.Nc1ccc(N=Nc2ccccc2)c(N)n1. The molecule has 18 nitrogen and oxygen atoms in total. The smallest absolute Gasteiger partial charge is 0.311 e. The Morgan fingerprint density at radius 2 is 0.753 bits per heavy atom. The highest BCUT2D eigenvalue weighted by molar-refractivity contribution is 5.75. The van der Waals surface area contributed by atoms with Gasteiger partial charge in [-0.15, -0.1) is 15.3 Å². The van der Waals surface area contributed by atoms with Gasteiger partial charge in [-0.2, -0.15) is 15.3 Å². The first-order valence-electron chi connectivity index (χ1n) is 28.5. The number of hydrogen-bond acceptors (Lipinski definition) is 18. The van der Waals surface area contributed by atoms with Crippen molar-refractivity contribution in [3.8, 4) is 0 Å². The van der Waals surface area contributed by atoms with Crippen LogP contribution in [0.2, 0.25) is 0 Å². The number of carbonyl (C=O) groups excluding carboxylic acids is 3. The van der Waals surface area contributed by atoms with Gasteiger partial charge in [0, 0.05) is 0 Å². The standard InChI is InChI=1S/C31H45N3O4.C21H28N4O2.C11H11N5/c1-5-9-14-24(7-3)22-37-30(35)20-27-18-19-28(34-33-26-16-12-11-13-17-26)29(32-27)21-31(36)38-23-25(8-4)15-10-6-2;1-3-5-9-16(4-2)15-27-20(26)14-18-12-13-19(21(22)23-18)25-24-17-10-7-6-8-11-17;12-10-7-6-9(11(13)14-10)16-15-8-4-2-1-3-5-8/h11-13,16-19,24-25H,5-10,14-15,20-23H2,1-4H3;6-8,10-13,16H,3-5,9,14-15H2,1-2H3,(H2,22,23);1-7H,(H4,12,13,14). The van der Waals surface area contributed by atoms with E-state index in [1.54, 1.807) is 36.4 Å². The highest BCUT2D eigenvalue weighted by Crippen LogP contribution is 2.27. The molecule has 0 amide bonds. The number of hydrogen-bond donors (Lipinski definition) is 3. The Balaban J connectivity index is 0.000000283. The molecular formula is C63H84N12O6. The van der Waals surface area contributed by atoms with Crippen LogP contribution in [-0.2, 0) is 47.9 Å². The Hall–Kier alpha value is -8.28. The van der Waals surface area contributed by atoms with Crippen molar-refractivity contribution in [3.05, 3.63) is 144 Å². The van der Waals surface area contributed by atoms with E-state index >= 15 is 0 Å². The monoisotopic (exact) mass is 1100 g/mol. The Kier molecular flexibility index (Phi) is 30.9. The molecule has 6 aromatic rings. The molecule has 0 saturated heterocycles. The van der Waals surface area contributed by atoms with E-state index in [0.29, 0.717) is 83.2 Å². The van der Waals surface area contributed by atoms with Crippen LogP contribution >= 0.6 is 0 Å². The summed E-state index contributed by atoms with van der Waals surface area (Å²) >= 11 is 0. The quantitative estimate of drug-likeness (QED) is 0.0216. The summed E-state index contributed by atoms with van der Waals surface area (Å²) < 4.78 is 16.6. The van der Waals surface area contributed by atoms with Gasteiger partial charge in [-0.1, -0.05) is 154 Å². The second-order valence-corrected chi connectivity index (χ2v) is 19.6. The first-order chi connectivity index (χ1) is 39.4. The number of anilines is 3. The van der Waals surface area contributed by atoms with Crippen LogP contribution in [0.5, 0.6) is 0 Å². The van der Waals surface area contributed by atoms with Crippen molar-refractivity contribution >= 4 is 69.5 Å². The summed E-state index contributed by atoms with van der Waals surface area (Å²) in [6.45, 7) is 14.1. The normalized spacial score (nSPS) is 12.2. The number of esters is 3. The lowest BCUT2D eigenvalue weighted by molar-refractivity contribution is -0.145. The second-order valence-electron chi connectivity index (χ2n) is 19.6. The molecule has 18 heteroatoms. The fourth-order valence-corrected chi connectivity index (χ4v) is 7.85. The molecule has 6 N–H and O–H groups in total. The minimum atomic E-state index is -0.356. The van der Waals surface area contributed by atoms with E-state index in [2.05, 4.69) is 87.2 Å². The van der Waals surface area contributed by atoms with Gasteiger partial charge in [-0.25, -0.2) is 9.97 Å². The number of pyridine rings is 3. The molecule has 0 radical (unpaired) electrons. The Labute approximate surface area is 479 Å². The number of azo groups is 3. The first-order valence-corrected chi connectivity index (χ1v) is 28.5. The van der Waals surface area contributed by atoms with Crippen LogP contribution in [0, 0.1) is 17.8 Å². The van der Waals surface area contributed by atoms with E-state index in [4.69, 9.17) is 31.4 Å². The number of nitrogen functional groups attached to an aromatic ring is 3. The number of ether oxygens (including phenoxy) is 3. The van der Waals surface area contributed by atoms with Gasteiger partial charge >= 0.3 is 17.9 Å². The summed E-state index contributed by atoms with van der Waals surface area (Å²) in [6.07, 6.45) is 13.1. The molecule has 0 bridgehead atoms. The van der Waals surface area contributed by atoms with Crippen molar-refractivity contribution in [2.45, 2.75) is 138 Å². The van der Waals surface area contributed by atoms with E-state index in [1.165, 1.54) is 0 Å². The van der Waals surface area contributed by atoms with Gasteiger partial charge in [0.15, 0.2) is 11.6 Å². The van der Waals surface area contributed by atoms with E-state index < -0.39 is 0 Å². The molecule has 3 heterocycles. The van der Waals surface area contributed by atoms with Gasteiger partial charge in [-0.05, 0) is 110 Å². The lowest BCUT2D eigenvalue weighted by Gasteiger charge is -2.15. The number of aromatic nitrogens is 3. The van der Waals surface area contributed by atoms with Crippen molar-refractivity contribution < 1.29 is 28.6 Å². The van der Waals surface area contributed by atoms with Gasteiger partial charge < -0.3 is 31.4 Å². The molecule has 0 aliphatic carbocycles. The lowest BCUT2D eigenvalue weighted by atomic mass is 10.0. The molecule has 432 valence electrons. The Morgan fingerprint density at radius 3 is 1.12 bits per heavy atom. The summed E-state index contributed by atoms with van der Waals surface area (Å²) in [4.78, 5) is 50.1. The maximum atomic E-state index is 12.7. The third-order valence-corrected chi connectivity index (χ3v) is 13.0. The topological polar surface area (TPSA) is 270 Å². The summed E-state index contributed by atoms with van der Waals surface area (Å²) in [5.41, 5.74) is 22.3. The van der Waals surface area contributed by atoms with Crippen LogP contribution in [0.4, 0.5) is 51.6 Å². The van der Waals surface area contributed by atoms with Crippen molar-refractivity contribution in [1.29, 1.82) is 0 Å². The predicted molar refractivity (Wildman–Crippen MR) is 322 cm³/mol. The second kappa shape index (κ2) is 38.3. The number of carbonyl (C=O) groups is 3. The van der Waals surface area contributed by atoms with Crippen LogP contribution in [-0.4, -0.2) is 52.7 Å². The number of nitrogens with zero attached hydrogens (tertiary/aromatic N) is 9. The fraction of sp³-hybridized carbons (Fsp3) is 0.429. The van der Waals surface area contributed by atoms with Gasteiger partial charge in [-0.3, -0.25) is 19.4 Å². The molecule has 6 rings (SSSR count). The van der Waals surface area contributed by atoms with Crippen LogP contribution in [0.3, 0.4) is 0 Å². The van der Waals surface area contributed by atoms with E-state index in [9.17, 15) is 14.4 Å². The molecule has 81 heavy (non-hydrogen) atoms. The zero-order valence-electron chi connectivity index (χ0n) is 48.3. The first kappa shape index (κ1) is 65.2. The average molecular weight is 1110 g/mol. The van der Waals surface area contributed by atoms with Crippen LogP contribution in [0.1, 0.15) is 136 Å². The maximum Gasteiger partial charge on any atom is 0.311 e. The molecule has 0 aliphatic rings. The van der Waals surface area contributed by atoms with Crippen molar-refractivity contribution in [1.82, 2.24) is 15.0 Å². The maximum absolute atomic E-state index is 12.7. The minimum absolute atomic E-state index is 0.0365.